The van der Waals surface area contributed by atoms with Crippen LogP contribution in [0.25, 0.3) is 6.08 Å². The average Bonchev–Trinajstić information content (AvgIpc) is 2.75. The van der Waals surface area contributed by atoms with Gasteiger partial charge in [0.1, 0.15) is 0 Å². The van der Waals surface area contributed by atoms with Crippen LogP contribution in [0.15, 0.2) is 66.7 Å². The van der Waals surface area contributed by atoms with Crippen molar-refractivity contribution in [3.8, 4) is 0 Å². The zero-order valence-corrected chi connectivity index (χ0v) is 8.84. The Morgan fingerprint density at radius 2 is 1.19 bits per heavy atom. The van der Waals surface area contributed by atoms with Crippen LogP contribution in [0, 0.1) is 0 Å². The SMILES string of the molecule is O=C1C=Cc2ccccc21.c1ccccc1. The lowest BCUT2D eigenvalue weighted by molar-refractivity contribution is 0.105. The van der Waals surface area contributed by atoms with E-state index in [0.29, 0.717) is 0 Å². The molecule has 1 nitrogen and oxygen atoms in total. The third-order valence-electron chi connectivity index (χ3n) is 2.31. The number of ketones is 1. The van der Waals surface area contributed by atoms with E-state index in [2.05, 4.69) is 0 Å². The minimum Gasteiger partial charge on any atom is -0.289 e. The van der Waals surface area contributed by atoms with Crippen molar-refractivity contribution in [3.63, 3.8) is 0 Å². The van der Waals surface area contributed by atoms with E-state index in [0.717, 1.165) is 11.1 Å². The summed E-state index contributed by atoms with van der Waals surface area (Å²) in [6.45, 7) is 0. The average molecular weight is 208 g/mol. The maximum Gasteiger partial charge on any atom is 0.186 e. The smallest absolute Gasteiger partial charge is 0.186 e. The third kappa shape index (κ3) is 2.45. The lowest BCUT2D eigenvalue weighted by Gasteiger charge is -1.92. The molecule has 0 fully saturated rings. The second kappa shape index (κ2) is 5.08. The van der Waals surface area contributed by atoms with Gasteiger partial charge in [0.15, 0.2) is 5.78 Å². The van der Waals surface area contributed by atoms with E-state index in [1.807, 2.05) is 66.7 Å². The molecule has 2 aromatic rings. The van der Waals surface area contributed by atoms with Crippen LogP contribution in [0.5, 0.6) is 0 Å². The van der Waals surface area contributed by atoms with Crippen LogP contribution < -0.4 is 0 Å². The van der Waals surface area contributed by atoms with Crippen molar-refractivity contribution in [1.29, 1.82) is 0 Å². The van der Waals surface area contributed by atoms with Crippen LogP contribution >= 0.6 is 0 Å². The fourth-order valence-electron chi connectivity index (χ4n) is 1.51. The highest BCUT2D eigenvalue weighted by atomic mass is 16.1. The molecule has 0 radical (unpaired) electrons. The monoisotopic (exact) mass is 208 g/mol. The van der Waals surface area contributed by atoms with Gasteiger partial charge in [0.2, 0.25) is 0 Å². The summed E-state index contributed by atoms with van der Waals surface area (Å²) in [5.74, 6) is 0.121. The van der Waals surface area contributed by atoms with Crippen molar-refractivity contribution in [1.82, 2.24) is 0 Å². The van der Waals surface area contributed by atoms with E-state index in [4.69, 9.17) is 0 Å². The van der Waals surface area contributed by atoms with Crippen LogP contribution in [-0.4, -0.2) is 5.78 Å². The summed E-state index contributed by atoms with van der Waals surface area (Å²) in [4.78, 5) is 11.0. The molecule has 1 heteroatoms. The van der Waals surface area contributed by atoms with Crippen LogP contribution in [0.3, 0.4) is 0 Å². The van der Waals surface area contributed by atoms with Gasteiger partial charge in [-0.2, -0.15) is 0 Å². The van der Waals surface area contributed by atoms with Gasteiger partial charge in [-0.1, -0.05) is 66.7 Å². The predicted octanol–water partition coefficient (Wildman–Crippen LogP) is 3.58. The number of hydrogen-bond donors (Lipinski definition) is 0. The molecule has 16 heavy (non-hydrogen) atoms. The first kappa shape index (κ1) is 10.4. The Balaban J connectivity index is 0.000000138. The fraction of sp³-hybridized carbons (Fsp3) is 0. The minimum atomic E-state index is 0.121. The first-order chi connectivity index (χ1) is 7.88. The molecule has 0 spiro atoms. The van der Waals surface area contributed by atoms with Crippen molar-refractivity contribution in [2.24, 2.45) is 0 Å². The molecule has 3 rings (SSSR count). The molecular weight excluding hydrogens is 196 g/mol. The highest BCUT2D eigenvalue weighted by Gasteiger charge is 2.10. The van der Waals surface area contributed by atoms with E-state index in [9.17, 15) is 4.79 Å². The van der Waals surface area contributed by atoms with Crippen molar-refractivity contribution in [2.75, 3.05) is 0 Å². The summed E-state index contributed by atoms with van der Waals surface area (Å²) in [7, 11) is 0. The maximum atomic E-state index is 11.0. The molecule has 0 unspecified atom stereocenters. The number of benzene rings is 2. The van der Waals surface area contributed by atoms with Crippen LogP contribution in [0.4, 0.5) is 0 Å². The van der Waals surface area contributed by atoms with Gasteiger partial charge >= 0.3 is 0 Å². The molecule has 0 bridgehead atoms. The largest absolute Gasteiger partial charge is 0.289 e. The first-order valence-electron chi connectivity index (χ1n) is 5.19. The predicted molar refractivity (Wildman–Crippen MR) is 66.2 cm³/mol. The number of rotatable bonds is 0. The zero-order valence-electron chi connectivity index (χ0n) is 8.84. The Morgan fingerprint density at radius 1 is 0.625 bits per heavy atom. The standard InChI is InChI=1S/C9H6O.C6H6/c10-9-6-5-7-3-1-2-4-8(7)9;1-2-4-6-5-3-1/h1-6H;1-6H. The molecule has 0 aliphatic heterocycles. The number of fused-ring (bicyclic) bond motifs is 1. The number of hydrogen-bond acceptors (Lipinski definition) is 1. The molecule has 0 N–H and O–H groups in total. The van der Waals surface area contributed by atoms with Crippen molar-refractivity contribution < 1.29 is 4.79 Å². The topological polar surface area (TPSA) is 17.1 Å². The minimum absolute atomic E-state index is 0.121. The van der Waals surface area contributed by atoms with Crippen molar-refractivity contribution in [2.45, 2.75) is 0 Å². The van der Waals surface area contributed by atoms with Gasteiger partial charge in [-0.25, -0.2) is 0 Å². The van der Waals surface area contributed by atoms with Gasteiger partial charge in [0, 0.05) is 5.56 Å². The van der Waals surface area contributed by atoms with E-state index in [1.165, 1.54) is 0 Å². The van der Waals surface area contributed by atoms with E-state index >= 15 is 0 Å². The lowest BCUT2D eigenvalue weighted by Crippen LogP contribution is -1.89. The normalized spacial score (nSPS) is 11.6. The molecule has 0 amide bonds. The molecule has 0 atom stereocenters. The second-order valence-corrected chi connectivity index (χ2v) is 3.44. The third-order valence-corrected chi connectivity index (χ3v) is 2.31. The summed E-state index contributed by atoms with van der Waals surface area (Å²) in [5, 5.41) is 0. The highest BCUT2D eigenvalue weighted by molar-refractivity contribution is 6.13. The summed E-state index contributed by atoms with van der Waals surface area (Å²) in [6.07, 6.45) is 3.45. The van der Waals surface area contributed by atoms with Gasteiger partial charge in [-0.3, -0.25) is 4.79 Å². The van der Waals surface area contributed by atoms with Gasteiger partial charge in [-0.05, 0) is 11.6 Å². The molecule has 1 aliphatic carbocycles. The quantitative estimate of drug-likeness (QED) is 0.646. The molecule has 78 valence electrons. The maximum absolute atomic E-state index is 11.0. The lowest BCUT2D eigenvalue weighted by atomic mass is 10.1. The molecule has 0 saturated carbocycles. The van der Waals surface area contributed by atoms with Crippen molar-refractivity contribution >= 4 is 11.9 Å². The van der Waals surface area contributed by atoms with Gasteiger partial charge in [0.25, 0.3) is 0 Å². The number of carbonyl (C=O) groups is 1. The molecule has 1 aliphatic rings. The second-order valence-electron chi connectivity index (χ2n) is 3.44. The molecule has 0 heterocycles. The fourth-order valence-corrected chi connectivity index (χ4v) is 1.51. The summed E-state index contributed by atoms with van der Waals surface area (Å²) in [5.41, 5.74) is 1.86. The zero-order chi connectivity index (χ0) is 11.2. The Kier molecular flexibility index (Phi) is 3.29. The van der Waals surface area contributed by atoms with Gasteiger partial charge in [0.05, 0.1) is 0 Å². The summed E-state index contributed by atoms with van der Waals surface area (Å²) >= 11 is 0. The summed E-state index contributed by atoms with van der Waals surface area (Å²) in [6, 6.07) is 19.6. The first-order valence-corrected chi connectivity index (χ1v) is 5.19. The Bertz CT molecular complexity index is 471. The molecule has 0 aromatic heterocycles. The van der Waals surface area contributed by atoms with Gasteiger partial charge < -0.3 is 0 Å². The van der Waals surface area contributed by atoms with Gasteiger partial charge in [-0.15, -0.1) is 0 Å². The van der Waals surface area contributed by atoms with Crippen molar-refractivity contribution in [3.05, 3.63) is 77.9 Å². The van der Waals surface area contributed by atoms with E-state index in [-0.39, 0.29) is 5.78 Å². The molecular formula is C15H12O. The van der Waals surface area contributed by atoms with Crippen LogP contribution in [-0.2, 0) is 0 Å². The van der Waals surface area contributed by atoms with Crippen LogP contribution in [0.1, 0.15) is 15.9 Å². The van der Waals surface area contributed by atoms with E-state index < -0.39 is 0 Å². The Hall–Kier alpha value is -2.15. The molecule has 0 saturated heterocycles. The Labute approximate surface area is 95.1 Å². The highest BCUT2D eigenvalue weighted by Crippen LogP contribution is 2.17. The van der Waals surface area contributed by atoms with E-state index in [1.54, 1.807) is 6.08 Å². The number of allylic oxidation sites excluding steroid dienone is 1. The Morgan fingerprint density at radius 3 is 1.75 bits per heavy atom. The molecule has 2 aromatic carbocycles. The number of carbonyl (C=O) groups excluding carboxylic acids is 1. The van der Waals surface area contributed by atoms with Crippen LogP contribution in [0.2, 0.25) is 0 Å². The summed E-state index contributed by atoms with van der Waals surface area (Å²) < 4.78 is 0.